The van der Waals surface area contributed by atoms with Crippen LogP contribution < -0.4 is 5.48 Å². The molecule has 0 aliphatic heterocycles. The largest absolute Gasteiger partial charge is 0.305 e. The Bertz CT molecular complexity index is 263. The monoisotopic (exact) mass is 185 g/mol. The fourth-order valence-electron chi connectivity index (χ4n) is 0.995. The molecule has 1 aromatic rings. The van der Waals surface area contributed by atoms with E-state index in [4.69, 9.17) is 16.4 Å². The number of benzene rings is 1. The van der Waals surface area contributed by atoms with Crippen molar-refractivity contribution in [3.63, 3.8) is 0 Å². The van der Waals surface area contributed by atoms with Gasteiger partial charge in [0.25, 0.3) is 0 Å². The normalized spacial score (nSPS) is 10.2. The summed E-state index contributed by atoms with van der Waals surface area (Å²) in [6.07, 6.45) is 0. The second kappa shape index (κ2) is 4.45. The van der Waals surface area contributed by atoms with Crippen molar-refractivity contribution in [1.29, 1.82) is 0 Å². The van der Waals surface area contributed by atoms with Crippen molar-refractivity contribution in [2.45, 2.75) is 13.5 Å². The third-order valence-corrected chi connectivity index (χ3v) is 2.22. The summed E-state index contributed by atoms with van der Waals surface area (Å²) in [6.45, 7) is 2.62. The van der Waals surface area contributed by atoms with E-state index in [9.17, 15) is 0 Å². The van der Waals surface area contributed by atoms with Gasteiger partial charge >= 0.3 is 0 Å². The van der Waals surface area contributed by atoms with Gasteiger partial charge in [-0.2, -0.15) is 5.48 Å². The molecule has 0 amide bonds. The van der Waals surface area contributed by atoms with Crippen molar-refractivity contribution in [2.24, 2.45) is 0 Å². The molecule has 1 aromatic carbocycles. The molecule has 0 fully saturated rings. The molecule has 0 atom stereocenters. The zero-order valence-electron chi connectivity index (χ0n) is 7.23. The molecular formula is C9H12ClNO. The van der Waals surface area contributed by atoms with Crippen molar-refractivity contribution in [3.05, 3.63) is 34.3 Å². The van der Waals surface area contributed by atoms with Crippen molar-refractivity contribution >= 4 is 11.6 Å². The Balaban J connectivity index is 2.78. The molecule has 2 nitrogen and oxygen atoms in total. The predicted molar refractivity (Wildman–Crippen MR) is 50.0 cm³/mol. The fraction of sp³-hybridized carbons (Fsp3) is 0.333. The zero-order chi connectivity index (χ0) is 8.97. The van der Waals surface area contributed by atoms with Crippen molar-refractivity contribution in [2.75, 3.05) is 7.11 Å². The first-order valence-electron chi connectivity index (χ1n) is 3.75. The van der Waals surface area contributed by atoms with E-state index in [1.54, 1.807) is 7.11 Å². The highest BCUT2D eigenvalue weighted by molar-refractivity contribution is 6.32. The second-order valence-corrected chi connectivity index (χ2v) is 2.95. The lowest BCUT2D eigenvalue weighted by Crippen LogP contribution is -2.11. The topological polar surface area (TPSA) is 21.3 Å². The van der Waals surface area contributed by atoms with Gasteiger partial charge in [-0.1, -0.05) is 29.8 Å². The zero-order valence-corrected chi connectivity index (χ0v) is 7.98. The lowest BCUT2D eigenvalue weighted by molar-refractivity contribution is 0.0867. The van der Waals surface area contributed by atoms with Gasteiger partial charge in [-0.25, -0.2) is 0 Å². The summed E-state index contributed by atoms with van der Waals surface area (Å²) in [6, 6.07) is 5.94. The second-order valence-electron chi connectivity index (χ2n) is 2.57. The minimum absolute atomic E-state index is 0.636. The number of nitrogens with one attached hydrogen (secondary N) is 1. The average Bonchev–Trinajstić information content (AvgIpc) is 2.08. The number of aryl methyl sites for hydroxylation is 1. The first-order valence-corrected chi connectivity index (χ1v) is 4.13. The van der Waals surface area contributed by atoms with Crippen LogP contribution in [0, 0.1) is 6.92 Å². The van der Waals surface area contributed by atoms with E-state index in [1.807, 2.05) is 25.1 Å². The number of hydroxylamine groups is 1. The standard InChI is InChI=1S/C9H12ClNO/c1-7-4-3-5-8(9(7)10)6-11-12-2/h3-5,11H,6H2,1-2H3. The maximum atomic E-state index is 6.03. The van der Waals surface area contributed by atoms with Crippen LogP contribution >= 0.6 is 11.6 Å². The van der Waals surface area contributed by atoms with E-state index in [0.717, 1.165) is 16.1 Å². The van der Waals surface area contributed by atoms with Gasteiger partial charge in [0.1, 0.15) is 0 Å². The van der Waals surface area contributed by atoms with Gasteiger partial charge in [0.2, 0.25) is 0 Å². The average molecular weight is 186 g/mol. The van der Waals surface area contributed by atoms with Gasteiger partial charge in [-0.15, -0.1) is 0 Å². The van der Waals surface area contributed by atoms with Crippen LogP contribution in [-0.4, -0.2) is 7.11 Å². The molecule has 0 aliphatic rings. The molecule has 12 heavy (non-hydrogen) atoms. The smallest absolute Gasteiger partial charge is 0.0572 e. The Morgan fingerprint density at radius 1 is 1.50 bits per heavy atom. The van der Waals surface area contributed by atoms with E-state index < -0.39 is 0 Å². The fourth-order valence-corrected chi connectivity index (χ4v) is 1.19. The van der Waals surface area contributed by atoms with Gasteiger partial charge in [-0.05, 0) is 18.1 Å². The minimum atomic E-state index is 0.636. The lowest BCUT2D eigenvalue weighted by atomic mass is 10.1. The Morgan fingerprint density at radius 2 is 2.25 bits per heavy atom. The molecular weight excluding hydrogens is 174 g/mol. The molecule has 0 unspecified atom stereocenters. The molecule has 0 heterocycles. The molecule has 0 saturated heterocycles. The molecule has 0 bridgehead atoms. The number of hydrogen-bond donors (Lipinski definition) is 1. The SMILES string of the molecule is CONCc1cccc(C)c1Cl. The van der Waals surface area contributed by atoms with E-state index in [0.29, 0.717) is 6.54 Å². The Kier molecular flexibility index (Phi) is 3.53. The highest BCUT2D eigenvalue weighted by Gasteiger charge is 2.00. The summed E-state index contributed by atoms with van der Waals surface area (Å²) in [5.74, 6) is 0. The molecule has 66 valence electrons. The highest BCUT2D eigenvalue weighted by Crippen LogP contribution is 2.19. The Morgan fingerprint density at radius 3 is 2.92 bits per heavy atom. The molecule has 0 saturated carbocycles. The van der Waals surface area contributed by atoms with Crippen molar-refractivity contribution < 1.29 is 4.84 Å². The summed E-state index contributed by atoms with van der Waals surface area (Å²) in [5.41, 5.74) is 4.89. The number of hydrogen-bond acceptors (Lipinski definition) is 2. The molecule has 1 N–H and O–H groups in total. The van der Waals surface area contributed by atoms with Gasteiger partial charge < -0.3 is 4.84 Å². The van der Waals surface area contributed by atoms with Crippen molar-refractivity contribution in [1.82, 2.24) is 5.48 Å². The molecule has 1 rings (SSSR count). The summed E-state index contributed by atoms with van der Waals surface area (Å²) >= 11 is 6.03. The van der Waals surface area contributed by atoms with E-state index in [2.05, 4.69) is 5.48 Å². The maximum Gasteiger partial charge on any atom is 0.0572 e. The maximum absolute atomic E-state index is 6.03. The van der Waals surface area contributed by atoms with E-state index in [-0.39, 0.29) is 0 Å². The van der Waals surface area contributed by atoms with Crippen LogP contribution in [0.15, 0.2) is 18.2 Å². The van der Waals surface area contributed by atoms with E-state index in [1.165, 1.54) is 0 Å². The first kappa shape index (κ1) is 9.52. The van der Waals surface area contributed by atoms with Crippen LogP contribution in [-0.2, 0) is 11.4 Å². The summed E-state index contributed by atoms with van der Waals surface area (Å²) in [4.78, 5) is 4.73. The molecule has 0 radical (unpaired) electrons. The number of halogens is 1. The van der Waals surface area contributed by atoms with Crippen LogP contribution in [0.5, 0.6) is 0 Å². The summed E-state index contributed by atoms with van der Waals surface area (Å²) in [5, 5.41) is 0.807. The molecule has 0 spiro atoms. The van der Waals surface area contributed by atoms with Crippen LogP contribution in [0.3, 0.4) is 0 Å². The van der Waals surface area contributed by atoms with Crippen molar-refractivity contribution in [3.8, 4) is 0 Å². The van der Waals surface area contributed by atoms with Crippen LogP contribution in [0.25, 0.3) is 0 Å². The summed E-state index contributed by atoms with van der Waals surface area (Å²) in [7, 11) is 1.59. The van der Waals surface area contributed by atoms with Crippen LogP contribution in [0.2, 0.25) is 5.02 Å². The van der Waals surface area contributed by atoms with Gasteiger partial charge in [0.15, 0.2) is 0 Å². The Labute approximate surface area is 77.4 Å². The summed E-state index contributed by atoms with van der Waals surface area (Å²) < 4.78 is 0. The number of rotatable bonds is 3. The van der Waals surface area contributed by atoms with Crippen LogP contribution in [0.4, 0.5) is 0 Å². The molecule has 0 aliphatic carbocycles. The third-order valence-electron chi connectivity index (χ3n) is 1.68. The molecule has 0 aromatic heterocycles. The van der Waals surface area contributed by atoms with Gasteiger partial charge in [-0.3, -0.25) is 0 Å². The van der Waals surface area contributed by atoms with Crippen LogP contribution in [0.1, 0.15) is 11.1 Å². The van der Waals surface area contributed by atoms with Gasteiger partial charge in [0.05, 0.1) is 7.11 Å². The molecule has 3 heteroatoms. The lowest BCUT2D eigenvalue weighted by Gasteiger charge is -2.06. The van der Waals surface area contributed by atoms with E-state index >= 15 is 0 Å². The Hall–Kier alpha value is -0.570. The predicted octanol–water partition coefficient (Wildman–Crippen LogP) is 2.30. The quantitative estimate of drug-likeness (QED) is 0.730. The van der Waals surface area contributed by atoms with Gasteiger partial charge in [0, 0.05) is 11.6 Å². The minimum Gasteiger partial charge on any atom is -0.305 e. The third kappa shape index (κ3) is 2.21. The first-order chi connectivity index (χ1) is 5.75. The highest BCUT2D eigenvalue weighted by atomic mass is 35.5.